The van der Waals surface area contributed by atoms with E-state index in [9.17, 15) is 9.59 Å². The van der Waals surface area contributed by atoms with E-state index < -0.39 is 0 Å². The average molecular weight is 274 g/mol. The summed E-state index contributed by atoms with van der Waals surface area (Å²) in [6.45, 7) is 2.68. The fourth-order valence-electron chi connectivity index (χ4n) is 2.61. The Morgan fingerprint density at radius 3 is 2.40 bits per heavy atom. The maximum atomic E-state index is 12.2. The molecule has 1 aliphatic rings. The topological polar surface area (TPSA) is 63.4 Å². The van der Waals surface area contributed by atoms with Gasteiger partial charge in [-0.3, -0.25) is 14.5 Å². The monoisotopic (exact) mass is 274 g/mol. The maximum absolute atomic E-state index is 12.2. The van der Waals surface area contributed by atoms with Gasteiger partial charge in [0.1, 0.15) is 0 Å². The molecule has 0 aliphatic carbocycles. The largest absolute Gasteiger partial charge is 0.398 e. The fraction of sp³-hybridized carbons (Fsp3) is 0.500. The van der Waals surface area contributed by atoms with Crippen LogP contribution in [0, 0.1) is 0 Å². The van der Waals surface area contributed by atoms with Crippen LogP contribution in [0.1, 0.15) is 66.2 Å². The number of nitrogens with two attached hydrogens (primary N) is 1. The van der Waals surface area contributed by atoms with E-state index in [0.29, 0.717) is 23.4 Å². The highest BCUT2D eigenvalue weighted by atomic mass is 16.2. The number of nitrogens with zero attached hydrogens (tertiary/aromatic N) is 1. The first-order valence-electron chi connectivity index (χ1n) is 7.41. The number of nitrogen functional groups attached to an aromatic ring is 1. The number of anilines is 1. The van der Waals surface area contributed by atoms with E-state index in [4.69, 9.17) is 5.73 Å². The molecule has 0 aromatic heterocycles. The van der Waals surface area contributed by atoms with Gasteiger partial charge in [0.05, 0.1) is 11.1 Å². The summed E-state index contributed by atoms with van der Waals surface area (Å²) in [6, 6.07) is 5.05. The van der Waals surface area contributed by atoms with Crippen molar-refractivity contribution >= 4 is 17.5 Å². The minimum Gasteiger partial charge on any atom is -0.398 e. The van der Waals surface area contributed by atoms with Gasteiger partial charge in [-0.1, -0.05) is 45.1 Å². The van der Waals surface area contributed by atoms with Gasteiger partial charge in [0, 0.05) is 12.2 Å². The van der Waals surface area contributed by atoms with Gasteiger partial charge in [0.2, 0.25) is 0 Å². The molecule has 2 rings (SSSR count). The number of hydrogen-bond acceptors (Lipinski definition) is 3. The van der Waals surface area contributed by atoms with Crippen molar-refractivity contribution in [1.29, 1.82) is 0 Å². The zero-order chi connectivity index (χ0) is 14.5. The van der Waals surface area contributed by atoms with Gasteiger partial charge in [-0.2, -0.15) is 0 Å². The van der Waals surface area contributed by atoms with Crippen LogP contribution < -0.4 is 5.73 Å². The summed E-state index contributed by atoms with van der Waals surface area (Å²) in [7, 11) is 0. The van der Waals surface area contributed by atoms with Gasteiger partial charge >= 0.3 is 0 Å². The van der Waals surface area contributed by atoms with Crippen molar-refractivity contribution in [2.75, 3.05) is 12.3 Å². The number of imide groups is 1. The Hall–Kier alpha value is -1.84. The molecular formula is C16H22N2O2. The molecule has 2 N–H and O–H groups in total. The molecule has 1 aromatic rings. The fourth-order valence-corrected chi connectivity index (χ4v) is 2.61. The Labute approximate surface area is 119 Å². The molecule has 4 heteroatoms. The van der Waals surface area contributed by atoms with Gasteiger partial charge in [0.15, 0.2) is 0 Å². The number of carbonyl (C=O) groups excluding carboxylic acids is 2. The summed E-state index contributed by atoms with van der Waals surface area (Å²) in [5, 5.41) is 0. The summed E-state index contributed by atoms with van der Waals surface area (Å²) in [5.74, 6) is -0.442. The average Bonchev–Trinajstić information content (AvgIpc) is 2.68. The molecule has 1 heterocycles. The van der Waals surface area contributed by atoms with Crippen LogP contribution in [0.25, 0.3) is 0 Å². The number of benzene rings is 1. The Morgan fingerprint density at radius 1 is 1.00 bits per heavy atom. The molecule has 0 saturated heterocycles. The quantitative estimate of drug-likeness (QED) is 0.471. The summed E-state index contributed by atoms with van der Waals surface area (Å²) >= 11 is 0. The van der Waals surface area contributed by atoms with Crippen molar-refractivity contribution in [2.45, 2.75) is 45.4 Å². The second kappa shape index (κ2) is 6.55. The van der Waals surface area contributed by atoms with Crippen molar-refractivity contribution in [2.24, 2.45) is 0 Å². The molecule has 0 unspecified atom stereocenters. The van der Waals surface area contributed by atoms with E-state index in [1.165, 1.54) is 30.6 Å². The van der Waals surface area contributed by atoms with Gasteiger partial charge in [0.25, 0.3) is 11.8 Å². The van der Waals surface area contributed by atoms with E-state index in [1.807, 2.05) is 0 Å². The third-order valence-electron chi connectivity index (χ3n) is 3.77. The van der Waals surface area contributed by atoms with Crippen LogP contribution in [0.3, 0.4) is 0 Å². The van der Waals surface area contributed by atoms with E-state index >= 15 is 0 Å². The molecule has 0 spiro atoms. The molecule has 1 aromatic carbocycles. The van der Waals surface area contributed by atoms with E-state index in [1.54, 1.807) is 18.2 Å². The van der Waals surface area contributed by atoms with Crippen molar-refractivity contribution in [3.8, 4) is 0 Å². The maximum Gasteiger partial charge on any atom is 0.263 e. The summed E-state index contributed by atoms with van der Waals surface area (Å²) in [5.41, 5.74) is 7.02. The van der Waals surface area contributed by atoms with Crippen molar-refractivity contribution in [3.63, 3.8) is 0 Å². The lowest BCUT2D eigenvalue weighted by molar-refractivity contribution is 0.0652. The number of unbranched alkanes of at least 4 members (excludes halogenated alkanes) is 5. The SMILES string of the molecule is CCCCCCCCN1C(=O)c2cccc(N)c2C1=O. The Morgan fingerprint density at radius 2 is 1.70 bits per heavy atom. The highest BCUT2D eigenvalue weighted by Crippen LogP contribution is 2.27. The molecule has 0 bridgehead atoms. The highest BCUT2D eigenvalue weighted by Gasteiger charge is 2.36. The number of rotatable bonds is 7. The second-order valence-corrected chi connectivity index (χ2v) is 5.30. The van der Waals surface area contributed by atoms with Crippen LogP contribution in [0.15, 0.2) is 18.2 Å². The lowest BCUT2D eigenvalue weighted by Crippen LogP contribution is -2.30. The van der Waals surface area contributed by atoms with Crippen LogP contribution in [-0.4, -0.2) is 23.3 Å². The molecule has 2 amide bonds. The number of fused-ring (bicyclic) bond motifs is 1. The first-order valence-corrected chi connectivity index (χ1v) is 7.41. The van der Waals surface area contributed by atoms with Crippen molar-refractivity contribution in [1.82, 2.24) is 4.90 Å². The third kappa shape index (κ3) is 2.84. The standard InChI is InChI=1S/C16H22N2O2/c1-2-3-4-5-6-7-11-18-15(19)12-9-8-10-13(17)14(12)16(18)20/h8-10H,2-7,11,17H2,1H3. The van der Waals surface area contributed by atoms with Gasteiger partial charge in [-0.25, -0.2) is 0 Å². The zero-order valence-electron chi connectivity index (χ0n) is 12.0. The molecule has 0 atom stereocenters. The van der Waals surface area contributed by atoms with Gasteiger partial charge in [-0.15, -0.1) is 0 Å². The molecule has 20 heavy (non-hydrogen) atoms. The first kappa shape index (κ1) is 14.6. The predicted octanol–water partition coefficient (Wildman–Crippen LogP) is 3.23. The Kier molecular flexibility index (Phi) is 4.77. The molecule has 0 fully saturated rings. The van der Waals surface area contributed by atoms with E-state index in [0.717, 1.165) is 12.8 Å². The molecular weight excluding hydrogens is 252 g/mol. The van der Waals surface area contributed by atoms with Crippen LogP contribution in [-0.2, 0) is 0 Å². The van der Waals surface area contributed by atoms with Crippen LogP contribution >= 0.6 is 0 Å². The van der Waals surface area contributed by atoms with Crippen molar-refractivity contribution in [3.05, 3.63) is 29.3 Å². The summed E-state index contributed by atoms with van der Waals surface area (Å²) < 4.78 is 0. The number of hydrogen-bond donors (Lipinski definition) is 1. The Balaban J connectivity index is 1.91. The first-order chi connectivity index (χ1) is 9.66. The minimum atomic E-state index is -0.239. The molecule has 0 radical (unpaired) electrons. The van der Waals surface area contributed by atoms with Crippen LogP contribution in [0.2, 0.25) is 0 Å². The lowest BCUT2D eigenvalue weighted by atomic mass is 10.1. The number of carbonyl (C=O) groups is 2. The number of amides is 2. The molecule has 0 saturated carbocycles. The molecule has 4 nitrogen and oxygen atoms in total. The van der Waals surface area contributed by atoms with Gasteiger partial charge in [-0.05, 0) is 18.6 Å². The lowest BCUT2D eigenvalue weighted by Gasteiger charge is -2.13. The zero-order valence-corrected chi connectivity index (χ0v) is 12.0. The summed E-state index contributed by atoms with van der Waals surface area (Å²) in [6.07, 6.45) is 6.80. The molecule has 1 aliphatic heterocycles. The van der Waals surface area contributed by atoms with Crippen LogP contribution in [0.5, 0.6) is 0 Å². The predicted molar refractivity (Wildman–Crippen MR) is 79.6 cm³/mol. The van der Waals surface area contributed by atoms with Crippen molar-refractivity contribution < 1.29 is 9.59 Å². The smallest absolute Gasteiger partial charge is 0.263 e. The highest BCUT2D eigenvalue weighted by molar-refractivity contribution is 6.23. The summed E-state index contributed by atoms with van der Waals surface area (Å²) in [4.78, 5) is 25.7. The van der Waals surface area contributed by atoms with E-state index in [-0.39, 0.29) is 11.8 Å². The van der Waals surface area contributed by atoms with Crippen LogP contribution in [0.4, 0.5) is 5.69 Å². The van der Waals surface area contributed by atoms with Gasteiger partial charge < -0.3 is 5.73 Å². The molecule has 108 valence electrons. The van der Waals surface area contributed by atoms with E-state index in [2.05, 4.69) is 6.92 Å². The second-order valence-electron chi connectivity index (χ2n) is 5.30. The Bertz CT molecular complexity index is 511. The third-order valence-corrected chi connectivity index (χ3v) is 3.77. The minimum absolute atomic E-state index is 0.203. The normalized spacial score (nSPS) is 13.9.